The van der Waals surface area contributed by atoms with E-state index in [1.165, 1.54) is 22.2 Å². The van der Waals surface area contributed by atoms with Gasteiger partial charge >= 0.3 is 0 Å². The highest BCUT2D eigenvalue weighted by Crippen LogP contribution is 2.65. The number of aromatic nitrogens is 1. The summed E-state index contributed by atoms with van der Waals surface area (Å²) < 4.78 is 13.0. The summed E-state index contributed by atoms with van der Waals surface area (Å²) in [5, 5.41) is 1.25. The molecule has 2 atom stereocenters. The maximum Gasteiger partial charge on any atom is 0.170 e. The van der Waals surface area contributed by atoms with Crippen molar-refractivity contribution in [2.45, 2.75) is 33.1 Å². The third kappa shape index (κ3) is 3.02. The Hall–Kier alpha value is -2.75. The van der Waals surface area contributed by atoms with Crippen molar-refractivity contribution >= 4 is 16.7 Å². The van der Waals surface area contributed by atoms with E-state index in [0.29, 0.717) is 17.1 Å². The quantitative estimate of drug-likeness (QED) is 0.530. The van der Waals surface area contributed by atoms with Crippen LogP contribution in [0.1, 0.15) is 48.3 Å². The molecule has 0 N–H and O–H groups in total. The lowest BCUT2D eigenvalue weighted by Crippen LogP contribution is -2.09. The van der Waals surface area contributed by atoms with Gasteiger partial charge in [0.1, 0.15) is 11.5 Å². The average molecular weight is 392 g/mol. The summed E-state index contributed by atoms with van der Waals surface area (Å²) in [7, 11) is 5.33. The van der Waals surface area contributed by atoms with Crippen LogP contribution < -0.4 is 9.47 Å². The SMILES string of the molecule is CCc1cc2cc(C3C(C(=O)c4cc(OC)ccc4OC)C3(C)C)ccc2n1C. The van der Waals surface area contributed by atoms with Gasteiger partial charge in [-0.2, -0.15) is 0 Å². The largest absolute Gasteiger partial charge is 0.497 e. The summed E-state index contributed by atoms with van der Waals surface area (Å²) in [6.07, 6.45) is 1.01. The van der Waals surface area contributed by atoms with Crippen LogP contribution in [-0.2, 0) is 13.5 Å². The standard InChI is InChI=1S/C25H29NO3/c1-7-17-13-16-12-15(8-10-20(16)26(17)4)22-23(25(22,2)3)24(27)19-14-18(28-5)9-11-21(19)29-6/h8-14,22-23H,7H2,1-6H3. The number of benzene rings is 2. The lowest BCUT2D eigenvalue weighted by molar-refractivity contribution is 0.0948. The summed E-state index contributed by atoms with van der Waals surface area (Å²) in [5.74, 6) is 1.51. The number of rotatable bonds is 6. The van der Waals surface area contributed by atoms with Crippen molar-refractivity contribution < 1.29 is 14.3 Å². The van der Waals surface area contributed by atoms with E-state index in [4.69, 9.17) is 9.47 Å². The van der Waals surface area contributed by atoms with E-state index in [9.17, 15) is 4.79 Å². The first kappa shape index (κ1) is 19.6. The zero-order chi connectivity index (χ0) is 20.9. The molecular formula is C25H29NO3. The first-order valence-electron chi connectivity index (χ1n) is 10.2. The van der Waals surface area contributed by atoms with Crippen LogP contribution in [0.3, 0.4) is 0 Å². The molecule has 29 heavy (non-hydrogen) atoms. The zero-order valence-electron chi connectivity index (χ0n) is 18.1. The second kappa shape index (κ2) is 6.94. The molecule has 0 spiro atoms. The van der Waals surface area contributed by atoms with Crippen LogP contribution in [0.15, 0.2) is 42.5 Å². The van der Waals surface area contributed by atoms with Gasteiger partial charge in [-0.15, -0.1) is 0 Å². The Balaban J connectivity index is 1.71. The van der Waals surface area contributed by atoms with Crippen LogP contribution in [0, 0.1) is 11.3 Å². The van der Waals surface area contributed by atoms with Crippen molar-refractivity contribution in [2.75, 3.05) is 14.2 Å². The maximum atomic E-state index is 13.5. The zero-order valence-corrected chi connectivity index (χ0v) is 18.1. The molecule has 2 unspecified atom stereocenters. The summed E-state index contributed by atoms with van der Waals surface area (Å²) in [6.45, 7) is 6.54. The van der Waals surface area contributed by atoms with Crippen LogP contribution in [0.25, 0.3) is 10.9 Å². The molecular weight excluding hydrogens is 362 g/mol. The van der Waals surface area contributed by atoms with Crippen molar-refractivity contribution in [3.05, 3.63) is 59.3 Å². The Morgan fingerprint density at radius 3 is 2.48 bits per heavy atom. The minimum Gasteiger partial charge on any atom is -0.497 e. The molecule has 1 aromatic heterocycles. The number of nitrogens with zero attached hydrogens (tertiary/aromatic N) is 1. The van der Waals surface area contributed by atoms with Gasteiger partial charge < -0.3 is 14.0 Å². The number of carbonyl (C=O) groups is 1. The third-order valence-corrected chi connectivity index (χ3v) is 6.67. The minimum absolute atomic E-state index is 0.0738. The Morgan fingerprint density at radius 2 is 1.83 bits per heavy atom. The van der Waals surface area contributed by atoms with Gasteiger partial charge in [0.25, 0.3) is 0 Å². The normalized spacial score (nSPS) is 19.9. The number of carbonyl (C=O) groups excluding carboxylic acids is 1. The number of methoxy groups -OCH3 is 2. The second-order valence-electron chi connectivity index (χ2n) is 8.57. The van der Waals surface area contributed by atoms with Gasteiger partial charge in [-0.3, -0.25) is 4.79 Å². The monoisotopic (exact) mass is 391 g/mol. The highest BCUT2D eigenvalue weighted by Gasteiger charge is 2.62. The van der Waals surface area contributed by atoms with Gasteiger partial charge in [-0.05, 0) is 53.8 Å². The molecule has 1 fully saturated rings. The van der Waals surface area contributed by atoms with Crippen molar-refractivity contribution in [1.82, 2.24) is 4.57 Å². The molecule has 4 heteroatoms. The first-order chi connectivity index (χ1) is 13.8. The number of hydrogen-bond acceptors (Lipinski definition) is 3. The fraction of sp³-hybridized carbons (Fsp3) is 0.400. The van der Waals surface area contributed by atoms with Crippen LogP contribution in [0.2, 0.25) is 0 Å². The predicted molar refractivity (Wildman–Crippen MR) is 116 cm³/mol. The topological polar surface area (TPSA) is 40.5 Å². The molecule has 0 amide bonds. The molecule has 0 bridgehead atoms. The number of aryl methyl sites for hydroxylation is 2. The van der Waals surface area contributed by atoms with Crippen molar-refractivity contribution in [3.8, 4) is 11.5 Å². The Morgan fingerprint density at radius 1 is 1.07 bits per heavy atom. The number of fused-ring (bicyclic) bond motifs is 1. The predicted octanol–water partition coefficient (Wildman–Crippen LogP) is 5.38. The van der Waals surface area contributed by atoms with Gasteiger partial charge in [0.2, 0.25) is 0 Å². The smallest absolute Gasteiger partial charge is 0.170 e. The van der Waals surface area contributed by atoms with Gasteiger partial charge in [0.15, 0.2) is 5.78 Å². The summed E-state index contributed by atoms with van der Waals surface area (Å²) in [6, 6.07) is 14.3. The van der Waals surface area contributed by atoms with Gasteiger partial charge in [0, 0.05) is 35.5 Å². The van der Waals surface area contributed by atoms with Crippen LogP contribution in [-0.4, -0.2) is 24.6 Å². The maximum absolute atomic E-state index is 13.5. The lowest BCUT2D eigenvalue weighted by Gasteiger charge is -2.10. The third-order valence-electron chi connectivity index (χ3n) is 6.67. The van der Waals surface area contributed by atoms with E-state index < -0.39 is 0 Å². The highest BCUT2D eigenvalue weighted by atomic mass is 16.5. The van der Waals surface area contributed by atoms with E-state index in [2.05, 4.69) is 56.7 Å². The van der Waals surface area contributed by atoms with Crippen molar-refractivity contribution in [2.24, 2.45) is 18.4 Å². The summed E-state index contributed by atoms with van der Waals surface area (Å²) in [5.41, 5.74) is 4.29. The molecule has 4 rings (SSSR count). The van der Waals surface area contributed by atoms with Gasteiger partial charge in [-0.1, -0.05) is 26.8 Å². The average Bonchev–Trinajstić information content (AvgIpc) is 3.16. The molecule has 1 aliphatic carbocycles. The minimum atomic E-state index is -0.0960. The van der Waals surface area contributed by atoms with E-state index in [1.807, 2.05) is 6.07 Å². The number of hydrogen-bond donors (Lipinski definition) is 0. The molecule has 152 valence electrons. The molecule has 0 radical (unpaired) electrons. The van der Waals surface area contributed by atoms with Crippen molar-refractivity contribution in [1.29, 1.82) is 0 Å². The number of ether oxygens (including phenoxy) is 2. The number of Topliss-reactive ketones (excluding diaryl/α,β-unsaturated/α-hetero) is 1. The molecule has 0 saturated heterocycles. The molecule has 1 aliphatic rings. The molecule has 4 nitrogen and oxygen atoms in total. The van der Waals surface area contributed by atoms with E-state index in [1.54, 1.807) is 26.4 Å². The fourth-order valence-electron chi connectivity index (χ4n) is 4.88. The van der Waals surface area contributed by atoms with Gasteiger partial charge in [-0.25, -0.2) is 0 Å². The Bertz CT molecular complexity index is 1090. The second-order valence-corrected chi connectivity index (χ2v) is 8.57. The molecule has 3 aromatic rings. The molecule has 1 heterocycles. The summed E-state index contributed by atoms with van der Waals surface area (Å²) in [4.78, 5) is 13.5. The molecule has 0 aliphatic heterocycles. The van der Waals surface area contributed by atoms with E-state index in [0.717, 1.165) is 6.42 Å². The van der Waals surface area contributed by atoms with Crippen LogP contribution >= 0.6 is 0 Å². The number of ketones is 1. The molecule has 2 aromatic carbocycles. The van der Waals surface area contributed by atoms with Crippen LogP contribution in [0.5, 0.6) is 11.5 Å². The van der Waals surface area contributed by atoms with E-state index >= 15 is 0 Å². The van der Waals surface area contributed by atoms with Crippen molar-refractivity contribution in [3.63, 3.8) is 0 Å². The Labute approximate surface area is 172 Å². The summed E-state index contributed by atoms with van der Waals surface area (Å²) >= 11 is 0. The van der Waals surface area contributed by atoms with E-state index in [-0.39, 0.29) is 23.0 Å². The highest BCUT2D eigenvalue weighted by molar-refractivity contribution is 6.04. The van der Waals surface area contributed by atoms with Crippen LogP contribution in [0.4, 0.5) is 0 Å². The first-order valence-corrected chi connectivity index (χ1v) is 10.2. The Kier molecular flexibility index (Phi) is 4.68. The lowest BCUT2D eigenvalue weighted by atomic mass is 10.0. The van der Waals surface area contributed by atoms with Gasteiger partial charge in [0.05, 0.1) is 19.8 Å². The fourth-order valence-corrected chi connectivity index (χ4v) is 4.88. The molecule has 1 saturated carbocycles.